The number of methoxy groups -OCH3 is 1. The van der Waals surface area contributed by atoms with Crippen LogP contribution in [0.15, 0.2) is 58.8 Å². The zero-order valence-corrected chi connectivity index (χ0v) is 20.9. The van der Waals surface area contributed by atoms with E-state index in [2.05, 4.69) is 65.8 Å². The van der Waals surface area contributed by atoms with Crippen molar-refractivity contribution in [1.82, 2.24) is 20.2 Å². The topological polar surface area (TPSA) is 81.4 Å². The van der Waals surface area contributed by atoms with Gasteiger partial charge in [0.1, 0.15) is 5.75 Å². The van der Waals surface area contributed by atoms with Crippen molar-refractivity contribution in [3.05, 3.63) is 59.7 Å². The third-order valence-corrected chi connectivity index (χ3v) is 6.18. The third-order valence-electron chi connectivity index (χ3n) is 5.21. The maximum atomic E-state index is 12.4. The molecule has 1 aromatic heterocycles. The molecule has 0 saturated heterocycles. The summed E-state index contributed by atoms with van der Waals surface area (Å²) in [6.07, 6.45) is 0. The highest BCUT2D eigenvalue weighted by Gasteiger charge is 2.17. The zero-order chi connectivity index (χ0) is 24.0. The highest BCUT2D eigenvalue weighted by atomic mass is 32.2. The monoisotopic (exact) mass is 465 g/mol. The Balaban J connectivity index is 1.64. The van der Waals surface area contributed by atoms with Gasteiger partial charge in [-0.25, -0.2) is 5.43 Å². The van der Waals surface area contributed by atoms with Gasteiger partial charge in [0.25, 0.3) is 5.91 Å². The Hall–Kier alpha value is -3.13. The number of nitrogens with one attached hydrogen (secondary N) is 1. The number of carbonyl (C=O) groups is 1. The number of hydrogen-bond acceptors (Lipinski definition) is 6. The molecule has 0 saturated carbocycles. The van der Waals surface area contributed by atoms with E-state index < -0.39 is 0 Å². The van der Waals surface area contributed by atoms with E-state index in [0.29, 0.717) is 17.4 Å². The summed E-state index contributed by atoms with van der Waals surface area (Å²) in [4.78, 5) is 12.4. The lowest BCUT2D eigenvalue weighted by Crippen LogP contribution is -2.21. The largest absolute Gasteiger partial charge is 0.497 e. The van der Waals surface area contributed by atoms with Crippen LogP contribution in [0.2, 0.25) is 0 Å². The van der Waals surface area contributed by atoms with Crippen molar-refractivity contribution in [2.45, 2.75) is 51.7 Å². The molecule has 0 unspecified atom stereocenters. The molecule has 0 aliphatic heterocycles. The van der Waals surface area contributed by atoms with Crippen molar-refractivity contribution >= 4 is 23.4 Å². The van der Waals surface area contributed by atoms with E-state index in [4.69, 9.17) is 4.74 Å². The summed E-state index contributed by atoms with van der Waals surface area (Å²) in [5, 5.41) is 13.6. The molecular weight excluding hydrogens is 434 g/mol. The molecule has 174 valence electrons. The first-order chi connectivity index (χ1) is 15.7. The number of hydrogen-bond donors (Lipinski definition) is 1. The predicted molar refractivity (Wildman–Crippen MR) is 134 cm³/mol. The standard InChI is InChI=1S/C25H31N5O2S/c1-7-30-23(18-11-13-20(14-12-18)25(3,4)5)28-29-24(30)33-16-22(31)27-26-17(2)19-9-8-10-21(15-19)32-6/h8-15H,7,16H2,1-6H3,(H,27,31)/b26-17-. The molecule has 1 amide bonds. The van der Waals surface area contributed by atoms with Gasteiger partial charge in [0.2, 0.25) is 0 Å². The Morgan fingerprint density at radius 1 is 1.15 bits per heavy atom. The molecule has 33 heavy (non-hydrogen) atoms. The highest BCUT2D eigenvalue weighted by Crippen LogP contribution is 2.27. The van der Waals surface area contributed by atoms with Gasteiger partial charge < -0.3 is 9.30 Å². The number of ether oxygens (including phenoxy) is 1. The van der Waals surface area contributed by atoms with Crippen molar-refractivity contribution in [1.29, 1.82) is 0 Å². The van der Waals surface area contributed by atoms with Crippen LogP contribution in [-0.4, -0.2) is 39.2 Å². The number of benzene rings is 2. The molecule has 3 aromatic rings. The van der Waals surface area contributed by atoms with Crippen LogP contribution >= 0.6 is 11.8 Å². The molecular formula is C25H31N5O2S. The number of rotatable bonds is 8. The van der Waals surface area contributed by atoms with Crippen molar-refractivity contribution in [3.8, 4) is 17.1 Å². The summed E-state index contributed by atoms with van der Waals surface area (Å²) in [5.41, 5.74) is 6.57. The number of aromatic nitrogens is 3. The minimum absolute atomic E-state index is 0.0960. The molecule has 0 aliphatic carbocycles. The van der Waals surface area contributed by atoms with Gasteiger partial charge in [0, 0.05) is 17.7 Å². The lowest BCUT2D eigenvalue weighted by Gasteiger charge is -2.19. The van der Waals surface area contributed by atoms with Crippen LogP contribution in [-0.2, 0) is 16.8 Å². The smallest absolute Gasteiger partial charge is 0.250 e. The van der Waals surface area contributed by atoms with Crippen LogP contribution < -0.4 is 10.2 Å². The Labute approximate surface area is 199 Å². The maximum Gasteiger partial charge on any atom is 0.250 e. The number of thioether (sulfide) groups is 1. The second kappa shape index (κ2) is 10.7. The van der Waals surface area contributed by atoms with E-state index in [1.165, 1.54) is 17.3 Å². The fourth-order valence-electron chi connectivity index (χ4n) is 3.23. The van der Waals surface area contributed by atoms with Crippen molar-refractivity contribution in [3.63, 3.8) is 0 Å². The summed E-state index contributed by atoms with van der Waals surface area (Å²) in [5.74, 6) is 1.53. The highest BCUT2D eigenvalue weighted by molar-refractivity contribution is 7.99. The van der Waals surface area contributed by atoms with Gasteiger partial charge in [-0.1, -0.05) is 68.9 Å². The van der Waals surface area contributed by atoms with E-state index in [0.717, 1.165) is 22.7 Å². The maximum absolute atomic E-state index is 12.4. The molecule has 1 heterocycles. The van der Waals surface area contributed by atoms with Gasteiger partial charge in [-0.15, -0.1) is 10.2 Å². The van der Waals surface area contributed by atoms with Crippen LogP contribution in [0.1, 0.15) is 45.7 Å². The van der Waals surface area contributed by atoms with Gasteiger partial charge in [0.05, 0.1) is 18.6 Å². The lowest BCUT2D eigenvalue weighted by atomic mass is 9.87. The van der Waals surface area contributed by atoms with Crippen LogP contribution in [0.3, 0.4) is 0 Å². The first kappa shape index (κ1) is 24.5. The molecule has 0 bridgehead atoms. The van der Waals surface area contributed by atoms with Crippen molar-refractivity contribution in [2.75, 3.05) is 12.9 Å². The molecule has 0 aliphatic rings. The average molecular weight is 466 g/mol. The van der Waals surface area contributed by atoms with Gasteiger partial charge >= 0.3 is 0 Å². The van der Waals surface area contributed by atoms with Gasteiger partial charge in [-0.05, 0) is 37.0 Å². The Bertz CT molecular complexity index is 1130. The minimum Gasteiger partial charge on any atom is -0.497 e. The van der Waals surface area contributed by atoms with E-state index in [9.17, 15) is 4.79 Å². The normalized spacial score (nSPS) is 12.0. The van der Waals surface area contributed by atoms with E-state index >= 15 is 0 Å². The molecule has 2 aromatic carbocycles. The van der Waals surface area contributed by atoms with E-state index in [-0.39, 0.29) is 17.1 Å². The number of nitrogens with zero attached hydrogens (tertiary/aromatic N) is 4. The molecule has 7 nitrogen and oxygen atoms in total. The van der Waals surface area contributed by atoms with E-state index in [1.54, 1.807) is 7.11 Å². The minimum atomic E-state index is -0.205. The number of amides is 1. The summed E-state index contributed by atoms with van der Waals surface area (Å²) >= 11 is 1.34. The number of hydrazone groups is 1. The zero-order valence-electron chi connectivity index (χ0n) is 20.0. The molecule has 0 fully saturated rings. The third kappa shape index (κ3) is 6.22. The van der Waals surface area contributed by atoms with Gasteiger partial charge in [0.15, 0.2) is 11.0 Å². The quantitative estimate of drug-likeness (QED) is 0.291. The van der Waals surface area contributed by atoms with Gasteiger partial charge in [-0.2, -0.15) is 5.10 Å². The Morgan fingerprint density at radius 2 is 1.88 bits per heavy atom. The van der Waals surface area contributed by atoms with Crippen LogP contribution in [0, 0.1) is 0 Å². The molecule has 3 rings (SSSR count). The van der Waals surface area contributed by atoms with E-state index in [1.807, 2.05) is 42.7 Å². The first-order valence-electron chi connectivity index (χ1n) is 10.9. The van der Waals surface area contributed by atoms with Crippen molar-refractivity contribution in [2.24, 2.45) is 5.10 Å². The Morgan fingerprint density at radius 3 is 2.52 bits per heavy atom. The molecule has 0 spiro atoms. The summed E-state index contributed by atoms with van der Waals surface area (Å²) in [6.45, 7) is 11.2. The molecule has 8 heteroatoms. The fourth-order valence-corrected chi connectivity index (χ4v) is 4.03. The SMILES string of the molecule is CCn1c(SCC(=O)N/N=C(/C)c2cccc(OC)c2)nnc1-c1ccc(C(C)(C)C)cc1. The fraction of sp³-hybridized carbons (Fsp3) is 0.360. The number of carbonyl (C=O) groups excluding carboxylic acids is 1. The second-order valence-corrected chi connectivity index (χ2v) is 9.57. The molecule has 0 atom stereocenters. The van der Waals surface area contributed by atoms with Crippen LogP contribution in [0.4, 0.5) is 0 Å². The van der Waals surface area contributed by atoms with Crippen LogP contribution in [0.25, 0.3) is 11.4 Å². The lowest BCUT2D eigenvalue weighted by molar-refractivity contribution is -0.118. The molecule has 0 radical (unpaired) electrons. The van der Waals surface area contributed by atoms with Crippen LogP contribution in [0.5, 0.6) is 5.75 Å². The predicted octanol–water partition coefficient (Wildman–Crippen LogP) is 4.90. The summed E-state index contributed by atoms with van der Waals surface area (Å²) < 4.78 is 7.26. The summed E-state index contributed by atoms with van der Waals surface area (Å²) in [7, 11) is 1.62. The van der Waals surface area contributed by atoms with Crippen molar-refractivity contribution < 1.29 is 9.53 Å². The first-order valence-corrected chi connectivity index (χ1v) is 11.9. The summed E-state index contributed by atoms with van der Waals surface area (Å²) in [6, 6.07) is 16.0. The Kier molecular flexibility index (Phi) is 7.92. The van der Waals surface area contributed by atoms with Gasteiger partial charge in [-0.3, -0.25) is 4.79 Å². The molecule has 1 N–H and O–H groups in total. The second-order valence-electron chi connectivity index (χ2n) is 8.63. The average Bonchev–Trinajstić information content (AvgIpc) is 3.23.